The molecule has 0 unspecified atom stereocenters. The molecule has 0 atom stereocenters. The summed E-state index contributed by atoms with van der Waals surface area (Å²) in [6.45, 7) is 0. The lowest BCUT2D eigenvalue weighted by Gasteiger charge is -2.11. The number of methoxy groups -OCH3 is 2. The molecule has 0 spiro atoms. The maximum atomic E-state index is 5.34. The van der Waals surface area contributed by atoms with Gasteiger partial charge in [0.15, 0.2) is 6.29 Å². The van der Waals surface area contributed by atoms with E-state index in [2.05, 4.69) is 5.10 Å². The van der Waals surface area contributed by atoms with Crippen LogP contribution in [0.3, 0.4) is 0 Å². The Labute approximate surface area is 66.3 Å². The van der Waals surface area contributed by atoms with Crippen molar-refractivity contribution in [2.75, 3.05) is 14.2 Å². The van der Waals surface area contributed by atoms with Crippen LogP contribution in [0.4, 0.5) is 0 Å². The van der Waals surface area contributed by atoms with Crippen LogP contribution in [0.1, 0.15) is 12.8 Å². The SMILES string of the molecule is COC(CCC(N)=NN)OC. The third kappa shape index (κ3) is 4.58. The third-order valence-electron chi connectivity index (χ3n) is 1.33. The van der Waals surface area contributed by atoms with Gasteiger partial charge in [-0.05, 0) is 0 Å². The van der Waals surface area contributed by atoms with Gasteiger partial charge >= 0.3 is 0 Å². The minimum absolute atomic E-state index is 0.227. The first kappa shape index (κ1) is 10.2. The molecule has 0 aliphatic rings. The molecule has 0 aliphatic carbocycles. The summed E-state index contributed by atoms with van der Waals surface area (Å²) in [5.74, 6) is 5.33. The van der Waals surface area contributed by atoms with Gasteiger partial charge in [-0.1, -0.05) is 0 Å². The highest BCUT2D eigenvalue weighted by atomic mass is 16.7. The summed E-state index contributed by atoms with van der Waals surface area (Å²) in [5.41, 5.74) is 5.34. The van der Waals surface area contributed by atoms with Gasteiger partial charge in [-0.15, -0.1) is 0 Å². The van der Waals surface area contributed by atoms with Gasteiger partial charge in [0.25, 0.3) is 0 Å². The summed E-state index contributed by atoms with van der Waals surface area (Å²) >= 11 is 0. The highest BCUT2D eigenvalue weighted by molar-refractivity contribution is 5.79. The van der Waals surface area contributed by atoms with E-state index in [-0.39, 0.29) is 6.29 Å². The van der Waals surface area contributed by atoms with Crippen molar-refractivity contribution in [2.24, 2.45) is 16.7 Å². The lowest BCUT2D eigenvalue weighted by molar-refractivity contribution is -0.104. The molecule has 5 nitrogen and oxygen atoms in total. The van der Waals surface area contributed by atoms with Crippen LogP contribution in [0.25, 0.3) is 0 Å². The summed E-state index contributed by atoms with van der Waals surface area (Å²) < 4.78 is 9.84. The van der Waals surface area contributed by atoms with Gasteiger partial charge in [0.1, 0.15) is 5.84 Å². The molecule has 0 saturated carbocycles. The molecule has 5 heteroatoms. The van der Waals surface area contributed by atoms with Gasteiger partial charge in [-0.25, -0.2) is 0 Å². The van der Waals surface area contributed by atoms with Crippen LogP contribution in [0.15, 0.2) is 5.10 Å². The van der Waals surface area contributed by atoms with Gasteiger partial charge in [0, 0.05) is 27.1 Å². The van der Waals surface area contributed by atoms with Gasteiger partial charge in [0.05, 0.1) is 0 Å². The topological polar surface area (TPSA) is 82.9 Å². The van der Waals surface area contributed by atoms with Crippen LogP contribution < -0.4 is 11.6 Å². The molecule has 0 aromatic carbocycles. The molecule has 0 rings (SSSR count). The van der Waals surface area contributed by atoms with Crippen molar-refractivity contribution < 1.29 is 9.47 Å². The molecule has 0 aromatic heterocycles. The molecule has 11 heavy (non-hydrogen) atoms. The number of nitrogens with zero attached hydrogens (tertiary/aromatic N) is 1. The molecule has 4 N–H and O–H groups in total. The first-order valence-electron chi connectivity index (χ1n) is 3.32. The van der Waals surface area contributed by atoms with Crippen molar-refractivity contribution in [3.05, 3.63) is 0 Å². The zero-order valence-corrected chi connectivity index (χ0v) is 6.91. The zero-order valence-electron chi connectivity index (χ0n) is 6.91. The fourth-order valence-corrected chi connectivity index (χ4v) is 0.662. The van der Waals surface area contributed by atoms with E-state index in [1.807, 2.05) is 0 Å². The lowest BCUT2D eigenvalue weighted by atomic mass is 10.3. The third-order valence-corrected chi connectivity index (χ3v) is 1.33. The van der Waals surface area contributed by atoms with Crippen LogP contribution in [0.2, 0.25) is 0 Å². The molecule has 0 saturated heterocycles. The highest BCUT2D eigenvalue weighted by Crippen LogP contribution is 2.00. The van der Waals surface area contributed by atoms with Gasteiger partial charge in [-0.2, -0.15) is 5.10 Å². The standard InChI is InChI=1S/C6H15N3O2/c1-10-6(11-2)4-3-5(7)9-8/h6H,3-4,8H2,1-2H3,(H2,7,9). The first-order chi connectivity index (χ1) is 5.24. The summed E-state index contributed by atoms with van der Waals surface area (Å²) in [7, 11) is 3.15. The van der Waals surface area contributed by atoms with E-state index < -0.39 is 0 Å². The fourth-order valence-electron chi connectivity index (χ4n) is 0.662. The van der Waals surface area contributed by atoms with Crippen LogP contribution >= 0.6 is 0 Å². The van der Waals surface area contributed by atoms with Crippen molar-refractivity contribution >= 4 is 5.84 Å². The van der Waals surface area contributed by atoms with E-state index in [9.17, 15) is 0 Å². The summed E-state index contributed by atoms with van der Waals surface area (Å²) in [4.78, 5) is 0. The number of hydrogen-bond donors (Lipinski definition) is 2. The highest BCUT2D eigenvalue weighted by Gasteiger charge is 2.04. The first-order valence-corrected chi connectivity index (χ1v) is 3.32. The second-order valence-electron chi connectivity index (χ2n) is 2.06. The largest absolute Gasteiger partial charge is 0.386 e. The Morgan fingerprint density at radius 3 is 2.36 bits per heavy atom. The Bertz CT molecular complexity index is 123. The number of hydrazone groups is 1. The van der Waals surface area contributed by atoms with E-state index in [1.165, 1.54) is 0 Å². The number of hydrogen-bond acceptors (Lipinski definition) is 4. The molecule has 0 heterocycles. The Balaban J connectivity index is 3.50. The normalized spacial score (nSPS) is 12.5. The Hall–Kier alpha value is -0.810. The molecule has 0 radical (unpaired) electrons. The minimum atomic E-state index is -0.227. The van der Waals surface area contributed by atoms with E-state index >= 15 is 0 Å². The van der Waals surface area contributed by atoms with E-state index in [1.54, 1.807) is 14.2 Å². The Morgan fingerprint density at radius 1 is 1.45 bits per heavy atom. The monoisotopic (exact) mass is 161 g/mol. The fraction of sp³-hybridized carbons (Fsp3) is 0.833. The zero-order chi connectivity index (χ0) is 8.69. The molecule has 0 bridgehead atoms. The van der Waals surface area contributed by atoms with Crippen molar-refractivity contribution in [1.82, 2.24) is 0 Å². The molecule has 66 valence electrons. The van der Waals surface area contributed by atoms with Crippen molar-refractivity contribution in [2.45, 2.75) is 19.1 Å². The van der Waals surface area contributed by atoms with Crippen LogP contribution in [0.5, 0.6) is 0 Å². The van der Waals surface area contributed by atoms with Crippen molar-refractivity contribution in [1.29, 1.82) is 0 Å². The number of rotatable bonds is 5. The summed E-state index contributed by atoms with van der Waals surface area (Å²) in [6.07, 6.45) is 1.03. The number of amidine groups is 1. The summed E-state index contributed by atoms with van der Waals surface area (Å²) in [6, 6.07) is 0. The molecule has 0 aliphatic heterocycles. The van der Waals surface area contributed by atoms with Crippen LogP contribution in [-0.4, -0.2) is 26.3 Å². The van der Waals surface area contributed by atoms with Crippen LogP contribution in [-0.2, 0) is 9.47 Å². The Morgan fingerprint density at radius 2 is 2.00 bits per heavy atom. The Kier molecular flexibility index (Phi) is 5.50. The van der Waals surface area contributed by atoms with Gasteiger partial charge in [0.2, 0.25) is 0 Å². The molecule has 0 fully saturated rings. The van der Waals surface area contributed by atoms with Crippen LogP contribution in [0, 0.1) is 0 Å². The second kappa shape index (κ2) is 5.94. The lowest BCUT2D eigenvalue weighted by Crippen LogP contribution is -2.19. The molecular formula is C6H15N3O2. The minimum Gasteiger partial charge on any atom is -0.386 e. The molecular weight excluding hydrogens is 146 g/mol. The predicted molar refractivity (Wildman–Crippen MR) is 42.8 cm³/mol. The smallest absolute Gasteiger partial charge is 0.157 e. The maximum absolute atomic E-state index is 5.34. The van der Waals surface area contributed by atoms with E-state index in [0.29, 0.717) is 18.7 Å². The molecule has 0 aromatic rings. The van der Waals surface area contributed by atoms with Gasteiger partial charge < -0.3 is 21.1 Å². The average Bonchev–Trinajstić information content (AvgIpc) is 2.06. The number of nitrogens with two attached hydrogens (primary N) is 2. The van der Waals surface area contributed by atoms with E-state index in [0.717, 1.165) is 0 Å². The quantitative estimate of drug-likeness (QED) is 0.189. The van der Waals surface area contributed by atoms with Crippen molar-refractivity contribution in [3.8, 4) is 0 Å². The maximum Gasteiger partial charge on any atom is 0.157 e. The summed E-state index contributed by atoms with van der Waals surface area (Å²) in [5, 5.41) is 3.31. The average molecular weight is 161 g/mol. The second-order valence-corrected chi connectivity index (χ2v) is 2.06. The van der Waals surface area contributed by atoms with E-state index in [4.69, 9.17) is 21.1 Å². The number of ether oxygens (including phenoxy) is 2. The van der Waals surface area contributed by atoms with Gasteiger partial charge in [-0.3, -0.25) is 0 Å². The predicted octanol–water partition coefficient (Wildman–Crippen LogP) is -0.384. The molecule has 0 amide bonds. The van der Waals surface area contributed by atoms with Crippen molar-refractivity contribution in [3.63, 3.8) is 0 Å².